The van der Waals surface area contributed by atoms with Gasteiger partial charge in [0, 0.05) is 10.9 Å². The molecule has 8 heteroatoms. The van der Waals surface area contributed by atoms with Crippen LogP contribution in [0.5, 0.6) is 0 Å². The van der Waals surface area contributed by atoms with Crippen molar-refractivity contribution in [3.8, 4) is 0 Å². The summed E-state index contributed by atoms with van der Waals surface area (Å²) in [5.41, 5.74) is 1.64. The number of esters is 1. The molecule has 1 N–H and O–H groups in total. The first-order valence-electron chi connectivity index (χ1n) is 8.30. The van der Waals surface area contributed by atoms with Gasteiger partial charge in [-0.2, -0.15) is 0 Å². The third kappa shape index (κ3) is 4.24. The second kappa shape index (κ2) is 6.75. The largest absolute Gasteiger partial charge is 0.464 e. The molecule has 1 aromatic heterocycles. The summed E-state index contributed by atoms with van der Waals surface area (Å²) in [4.78, 5) is 24.0. The fraction of sp³-hybridized carbons (Fsp3) is 0.444. The number of nitrogens with one attached hydrogen (secondary N) is 1. The topological polar surface area (TPSA) is 103 Å². The van der Waals surface area contributed by atoms with Crippen LogP contribution in [0.25, 0.3) is 11.0 Å². The van der Waals surface area contributed by atoms with Crippen LogP contribution in [-0.4, -0.2) is 43.9 Å². The predicted octanol–water partition coefficient (Wildman–Crippen LogP) is 1.52. The minimum absolute atomic E-state index is 0.00497. The van der Waals surface area contributed by atoms with Gasteiger partial charge < -0.3 is 14.5 Å². The Bertz CT molecular complexity index is 961. The van der Waals surface area contributed by atoms with Gasteiger partial charge in [-0.1, -0.05) is 12.1 Å². The van der Waals surface area contributed by atoms with E-state index in [1.165, 1.54) is 6.26 Å². The van der Waals surface area contributed by atoms with Crippen LogP contribution in [0.1, 0.15) is 24.5 Å². The van der Waals surface area contributed by atoms with Gasteiger partial charge in [-0.25, -0.2) is 8.42 Å². The van der Waals surface area contributed by atoms with E-state index in [2.05, 4.69) is 5.32 Å². The van der Waals surface area contributed by atoms with Crippen LogP contribution in [0.2, 0.25) is 0 Å². The number of carbonyl (C=O) groups excluding carboxylic acids is 2. The third-order valence-electron chi connectivity index (χ3n) is 4.45. The van der Waals surface area contributed by atoms with Crippen LogP contribution >= 0.6 is 0 Å². The van der Waals surface area contributed by atoms with E-state index < -0.39 is 33.9 Å². The number of rotatable bonds is 5. The van der Waals surface area contributed by atoms with Gasteiger partial charge in [0.05, 0.1) is 29.7 Å². The Morgan fingerprint density at radius 2 is 2.12 bits per heavy atom. The second-order valence-electron chi connectivity index (χ2n) is 7.05. The molecule has 7 nitrogen and oxygen atoms in total. The van der Waals surface area contributed by atoms with Crippen LogP contribution in [0.15, 0.2) is 28.9 Å². The molecular weight excluding hydrogens is 358 g/mol. The Kier molecular flexibility index (Phi) is 4.79. The van der Waals surface area contributed by atoms with E-state index in [-0.39, 0.29) is 17.9 Å². The molecule has 1 amide bonds. The first-order valence-corrected chi connectivity index (χ1v) is 10.1. The predicted molar refractivity (Wildman–Crippen MR) is 95.4 cm³/mol. The maximum atomic E-state index is 12.0. The zero-order valence-corrected chi connectivity index (χ0v) is 15.5. The molecule has 1 saturated heterocycles. The zero-order chi connectivity index (χ0) is 18.9. The maximum Gasteiger partial charge on any atom is 0.310 e. The Labute approximate surface area is 151 Å². The van der Waals surface area contributed by atoms with Crippen molar-refractivity contribution >= 4 is 32.7 Å². The molecule has 0 aliphatic carbocycles. The summed E-state index contributed by atoms with van der Waals surface area (Å²) in [7, 11) is -3.12. The first kappa shape index (κ1) is 18.4. The highest BCUT2D eigenvalue weighted by Crippen LogP contribution is 2.24. The van der Waals surface area contributed by atoms with Crippen molar-refractivity contribution in [2.24, 2.45) is 0 Å². The van der Waals surface area contributed by atoms with E-state index in [0.717, 1.165) is 10.9 Å². The first-order chi connectivity index (χ1) is 12.2. The van der Waals surface area contributed by atoms with Crippen molar-refractivity contribution < 1.29 is 27.2 Å². The Morgan fingerprint density at radius 3 is 2.81 bits per heavy atom. The number of hydrogen-bond donors (Lipinski definition) is 1. The summed E-state index contributed by atoms with van der Waals surface area (Å²) in [6.45, 7) is 3.19. The van der Waals surface area contributed by atoms with E-state index in [1.807, 2.05) is 25.1 Å². The van der Waals surface area contributed by atoms with Gasteiger partial charge in [0.15, 0.2) is 16.4 Å². The smallest absolute Gasteiger partial charge is 0.310 e. The highest BCUT2D eigenvalue weighted by molar-refractivity contribution is 7.91. The normalized spacial score (nSPS) is 21.6. The molecule has 0 saturated carbocycles. The Hall–Kier alpha value is -2.35. The van der Waals surface area contributed by atoms with Crippen molar-refractivity contribution in [3.05, 3.63) is 35.6 Å². The van der Waals surface area contributed by atoms with Crippen LogP contribution in [0.4, 0.5) is 0 Å². The van der Waals surface area contributed by atoms with E-state index >= 15 is 0 Å². The van der Waals surface area contributed by atoms with Crippen molar-refractivity contribution in [3.63, 3.8) is 0 Å². The lowest BCUT2D eigenvalue weighted by Crippen LogP contribution is -2.48. The molecular formula is C18H21NO6S. The summed E-state index contributed by atoms with van der Waals surface area (Å²) in [5.74, 6) is -1.10. The van der Waals surface area contributed by atoms with Crippen molar-refractivity contribution in [2.75, 3.05) is 18.1 Å². The van der Waals surface area contributed by atoms with Gasteiger partial charge in [-0.05, 0) is 31.9 Å². The summed E-state index contributed by atoms with van der Waals surface area (Å²) in [6, 6.07) is 5.69. The third-order valence-corrected chi connectivity index (χ3v) is 6.36. The van der Waals surface area contributed by atoms with Crippen molar-refractivity contribution in [1.29, 1.82) is 0 Å². The van der Waals surface area contributed by atoms with E-state index in [0.29, 0.717) is 17.6 Å². The fourth-order valence-electron chi connectivity index (χ4n) is 3.16. The monoisotopic (exact) mass is 379 g/mol. The molecule has 140 valence electrons. The fourth-order valence-corrected chi connectivity index (χ4v) is 5.25. The maximum absolute atomic E-state index is 12.0. The number of ether oxygens (including phenoxy) is 1. The summed E-state index contributed by atoms with van der Waals surface area (Å²) in [6.07, 6.45) is 1.86. The molecule has 0 radical (unpaired) electrons. The van der Waals surface area contributed by atoms with Crippen LogP contribution in [-0.2, 0) is 30.6 Å². The molecule has 3 rings (SSSR count). The average molecular weight is 379 g/mol. The molecule has 0 unspecified atom stereocenters. The van der Waals surface area contributed by atoms with Gasteiger partial charge in [-0.15, -0.1) is 0 Å². The Morgan fingerprint density at radius 1 is 1.35 bits per heavy atom. The highest BCUT2D eigenvalue weighted by Gasteiger charge is 2.39. The quantitative estimate of drug-likeness (QED) is 0.790. The summed E-state index contributed by atoms with van der Waals surface area (Å²) in [5, 5.41) is 3.48. The molecule has 0 spiro atoms. The molecule has 2 heterocycles. The number of fused-ring (bicyclic) bond motifs is 1. The Balaban J connectivity index is 1.53. The number of aryl methyl sites for hydroxylation is 1. The number of carbonyl (C=O) groups is 2. The highest BCUT2D eigenvalue weighted by atomic mass is 32.2. The van der Waals surface area contributed by atoms with Gasteiger partial charge in [-0.3, -0.25) is 9.59 Å². The number of benzene rings is 1. The lowest BCUT2D eigenvalue weighted by Gasteiger charge is -2.23. The molecule has 1 atom stereocenters. The molecule has 1 fully saturated rings. The van der Waals surface area contributed by atoms with Gasteiger partial charge in [0.2, 0.25) is 0 Å². The number of sulfone groups is 1. The van der Waals surface area contributed by atoms with Gasteiger partial charge in [0.25, 0.3) is 5.91 Å². The lowest BCUT2D eigenvalue weighted by molar-refractivity contribution is -0.148. The standard InChI is InChI=1S/C18H21NO6S/c1-12-3-4-14-13(9-24-15(14)7-12)8-17(21)25-10-16(20)19-18(2)5-6-26(22,23)11-18/h3-4,7,9H,5-6,8,10-11H2,1-2H3,(H,19,20)/t18-/m0/s1. The molecule has 1 aromatic carbocycles. The minimum atomic E-state index is -3.12. The van der Waals surface area contributed by atoms with E-state index in [9.17, 15) is 18.0 Å². The molecule has 1 aliphatic heterocycles. The van der Waals surface area contributed by atoms with Crippen LogP contribution in [0, 0.1) is 6.92 Å². The molecule has 2 aromatic rings. The number of amides is 1. The molecule has 1 aliphatic rings. The van der Waals surface area contributed by atoms with Crippen LogP contribution in [0.3, 0.4) is 0 Å². The van der Waals surface area contributed by atoms with Gasteiger partial charge >= 0.3 is 5.97 Å². The molecule has 0 bridgehead atoms. The second-order valence-corrected chi connectivity index (χ2v) is 9.23. The van der Waals surface area contributed by atoms with E-state index in [1.54, 1.807) is 6.92 Å². The average Bonchev–Trinajstić information content (AvgIpc) is 3.05. The lowest BCUT2D eigenvalue weighted by atomic mass is 10.0. The SMILES string of the molecule is Cc1ccc2c(CC(=O)OCC(=O)N[C@@]3(C)CCS(=O)(=O)C3)coc2c1. The summed E-state index contributed by atoms with van der Waals surface area (Å²) < 4.78 is 33.6. The van der Waals surface area contributed by atoms with Crippen molar-refractivity contribution in [1.82, 2.24) is 5.32 Å². The summed E-state index contributed by atoms with van der Waals surface area (Å²) >= 11 is 0. The number of furan rings is 1. The van der Waals surface area contributed by atoms with Gasteiger partial charge in [0.1, 0.15) is 5.58 Å². The minimum Gasteiger partial charge on any atom is -0.464 e. The van der Waals surface area contributed by atoms with Crippen molar-refractivity contribution in [2.45, 2.75) is 32.2 Å². The molecule has 26 heavy (non-hydrogen) atoms. The number of hydrogen-bond acceptors (Lipinski definition) is 6. The van der Waals surface area contributed by atoms with E-state index in [4.69, 9.17) is 9.15 Å². The van der Waals surface area contributed by atoms with Crippen LogP contribution < -0.4 is 5.32 Å². The zero-order valence-electron chi connectivity index (χ0n) is 14.7.